The van der Waals surface area contributed by atoms with Crippen LogP contribution in [0.15, 0.2) is 49.3 Å². The summed E-state index contributed by atoms with van der Waals surface area (Å²) in [6, 6.07) is 9.57. The molecule has 0 saturated carbocycles. The normalized spacial score (nSPS) is 14.2. The zero-order valence-electron chi connectivity index (χ0n) is 15.6. The molecule has 2 aromatic heterocycles. The van der Waals surface area contributed by atoms with Crippen LogP contribution in [0.5, 0.6) is 5.75 Å². The van der Waals surface area contributed by atoms with Gasteiger partial charge in [-0.3, -0.25) is 4.79 Å². The van der Waals surface area contributed by atoms with Crippen LogP contribution in [0.4, 0.5) is 5.82 Å². The molecule has 1 aliphatic rings. The lowest BCUT2D eigenvalue weighted by Crippen LogP contribution is -2.50. The summed E-state index contributed by atoms with van der Waals surface area (Å²) >= 11 is 0. The third-order valence-electron chi connectivity index (χ3n) is 4.60. The predicted molar refractivity (Wildman–Crippen MR) is 102 cm³/mol. The molecular formula is C19H21N7O2. The summed E-state index contributed by atoms with van der Waals surface area (Å²) in [4.78, 5) is 28.9. The number of carbonyl (C=O) groups excluding carboxylic acids is 1. The molecule has 144 valence electrons. The molecule has 0 radical (unpaired) electrons. The van der Waals surface area contributed by atoms with Gasteiger partial charge in [0.15, 0.2) is 12.4 Å². The van der Waals surface area contributed by atoms with E-state index in [1.807, 2.05) is 42.2 Å². The minimum atomic E-state index is -0.00727. The first-order valence-corrected chi connectivity index (χ1v) is 9.08. The minimum absolute atomic E-state index is 0.00727. The van der Waals surface area contributed by atoms with Crippen LogP contribution in [0.3, 0.4) is 0 Å². The standard InChI is InChI=1S/C19H21N7O2/c1-15-3-2-4-16(9-15)28-11-19(27)25-7-5-24(6-8-25)17-10-18(22-13-21-17)26-14-20-12-23-26/h2-4,9-10,12-14H,5-8,11H2,1H3. The summed E-state index contributed by atoms with van der Waals surface area (Å²) < 4.78 is 7.22. The Balaban J connectivity index is 1.32. The predicted octanol–water partition coefficient (Wildman–Crippen LogP) is 1.09. The SMILES string of the molecule is Cc1cccc(OCC(=O)N2CCN(c3cc(-n4cncn4)ncn3)CC2)c1. The Morgan fingerprint density at radius 2 is 1.89 bits per heavy atom. The highest BCUT2D eigenvalue weighted by Gasteiger charge is 2.22. The number of ether oxygens (including phenoxy) is 1. The number of rotatable bonds is 5. The Morgan fingerprint density at radius 3 is 2.64 bits per heavy atom. The average molecular weight is 379 g/mol. The lowest BCUT2D eigenvalue weighted by Gasteiger charge is -2.35. The maximum atomic E-state index is 12.4. The molecule has 0 N–H and O–H groups in total. The van der Waals surface area contributed by atoms with Crippen LogP contribution in [0.25, 0.3) is 5.82 Å². The van der Waals surface area contributed by atoms with E-state index in [1.54, 1.807) is 11.0 Å². The van der Waals surface area contributed by atoms with Gasteiger partial charge >= 0.3 is 0 Å². The van der Waals surface area contributed by atoms with Crippen molar-refractivity contribution in [2.75, 3.05) is 37.7 Å². The lowest BCUT2D eigenvalue weighted by molar-refractivity contribution is -0.133. The number of hydrogen-bond acceptors (Lipinski definition) is 7. The Hall–Kier alpha value is -3.49. The van der Waals surface area contributed by atoms with Gasteiger partial charge in [0.05, 0.1) is 0 Å². The molecule has 0 spiro atoms. The van der Waals surface area contributed by atoms with Crippen LogP contribution in [0.2, 0.25) is 0 Å². The molecule has 9 heteroatoms. The molecule has 0 atom stereocenters. The average Bonchev–Trinajstić information content (AvgIpc) is 3.27. The Labute approximate surface area is 162 Å². The second-order valence-electron chi connectivity index (χ2n) is 6.55. The molecular weight excluding hydrogens is 358 g/mol. The Morgan fingerprint density at radius 1 is 1.07 bits per heavy atom. The van der Waals surface area contributed by atoms with Crippen molar-refractivity contribution in [3.63, 3.8) is 0 Å². The molecule has 0 unspecified atom stereocenters. The fourth-order valence-electron chi connectivity index (χ4n) is 3.09. The van der Waals surface area contributed by atoms with Crippen molar-refractivity contribution >= 4 is 11.7 Å². The van der Waals surface area contributed by atoms with Gasteiger partial charge < -0.3 is 14.5 Å². The highest BCUT2D eigenvalue weighted by Crippen LogP contribution is 2.16. The summed E-state index contributed by atoms with van der Waals surface area (Å²) in [5.74, 6) is 2.18. The number of nitrogens with zero attached hydrogens (tertiary/aromatic N) is 7. The fraction of sp³-hybridized carbons (Fsp3) is 0.316. The first kappa shape index (κ1) is 17.9. The van der Waals surface area contributed by atoms with Crippen molar-refractivity contribution in [3.8, 4) is 11.6 Å². The van der Waals surface area contributed by atoms with Gasteiger partial charge in [-0.2, -0.15) is 5.10 Å². The molecule has 28 heavy (non-hydrogen) atoms. The second kappa shape index (κ2) is 8.03. The molecule has 9 nitrogen and oxygen atoms in total. The summed E-state index contributed by atoms with van der Waals surface area (Å²) in [6.07, 6.45) is 4.57. The van der Waals surface area contributed by atoms with Gasteiger partial charge in [-0.05, 0) is 24.6 Å². The molecule has 1 fully saturated rings. The van der Waals surface area contributed by atoms with Gasteiger partial charge in [-0.25, -0.2) is 19.6 Å². The van der Waals surface area contributed by atoms with Gasteiger partial charge in [0.2, 0.25) is 0 Å². The molecule has 1 aliphatic heterocycles. The molecule has 4 rings (SSSR count). The zero-order valence-corrected chi connectivity index (χ0v) is 15.6. The molecule has 1 amide bonds. The number of carbonyl (C=O) groups is 1. The molecule has 1 aromatic carbocycles. The molecule has 3 aromatic rings. The van der Waals surface area contributed by atoms with Crippen LogP contribution in [-0.2, 0) is 4.79 Å². The molecule has 1 saturated heterocycles. The van der Waals surface area contributed by atoms with Gasteiger partial charge in [-0.15, -0.1) is 0 Å². The van der Waals surface area contributed by atoms with Crippen molar-refractivity contribution in [1.82, 2.24) is 29.6 Å². The van der Waals surface area contributed by atoms with Crippen LogP contribution >= 0.6 is 0 Å². The van der Waals surface area contributed by atoms with Gasteiger partial charge in [-0.1, -0.05) is 12.1 Å². The maximum absolute atomic E-state index is 12.4. The third-order valence-corrected chi connectivity index (χ3v) is 4.60. The van der Waals surface area contributed by atoms with Gasteiger partial charge in [0, 0.05) is 32.2 Å². The number of anilines is 1. The van der Waals surface area contributed by atoms with Crippen LogP contribution < -0.4 is 9.64 Å². The number of piperazine rings is 1. The van der Waals surface area contributed by atoms with Crippen LogP contribution in [0, 0.1) is 6.92 Å². The summed E-state index contributed by atoms with van der Waals surface area (Å²) in [7, 11) is 0. The molecule has 0 bridgehead atoms. The van der Waals surface area contributed by atoms with E-state index >= 15 is 0 Å². The van der Waals surface area contributed by atoms with E-state index in [4.69, 9.17) is 4.74 Å². The fourth-order valence-corrected chi connectivity index (χ4v) is 3.09. The van der Waals surface area contributed by atoms with Gasteiger partial charge in [0.1, 0.15) is 30.5 Å². The second-order valence-corrected chi connectivity index (χ2v) is 6.55. The first-order valence-electron chi connectivity index (χ1n) is 9.08. The Kier molecular flexibility index (Phi) is 5.14. The van der Waals surface area contributed by atoms with E-state index < -0.39 is 0 Å². The summed E-state index contributed by atoms with van der Waals surface area (Å²) in [5.41, 5.74) is 1.11. The first-order chi connectivity index (χ1) is 13.7. The van der Waals surface area contributed by atoms with Gasteiger partial charge in [0.25, 0.3) is 5.91 Å². The number of hydrogen-bond donors (Lipinski definition) is 0. The van der Waals surface area contributed by atoms with Crippen LogP contribution in [-0.4, -0.2) is 68.3 Å². The highest BCUT2D eigenvalue weighted by atomic mass is 16.5. The van der Waals surface area contributed by atoms with E-state index in [0.29, 0.717) is 37.7 Å². The van der Waals surface area contributed by atoms with Crippen LogP contribution in [0.1, 0.15) is 5.56 Å². The van der Waals surface area contributed by atoms with E-state index in [0.717, 1.165) is 11.4 Å². The highest BCUT2D eigenvalue weighted by molar-refractivity contribution is 5.78. The number of aromatic nitrogens is 5. The monoisotopic (exact) mass is 379 g/mol. The topological polar surface area (TPSA) is 89.3 Å². The maximum Gasteiger partial charge on any atom is 0.260 e. The lowest BCUT2D eigenvalue weighted by atomic mass is 10.2. The largest absolute Gasteiger partial charge is 0.484 e. The summed E-state index contributed by atoms with van der Waals surface area (Å²) in [6.45, 7) is 4.69. The van der Waals surface area contributed by atoms with E-state index in [2.05, 4.69) is 25.0 Å². The molecule has 0 aliphatic carbocycles. The van der Waals surface area contributed by atoms with Crippen molar-refractivity contribution in [2.24, 2.45) is 0 Å². The third kappa shape index (κ3) is 4.08. The van der Waals surface area contributed by atoms with Crippen molar-refractivity contribution in [3.05, 3.63) is 54.9 Å². The summed E-state index contributed by atoms with van der Waals surface area (Å²) in [5, 5.41) is 4.09. The smallest absolute Gasteiger partial charge is 0.260 e. The number of amides is 1. The number of aryl methyl sites for hydroxylation is 1. The van der Waals surface area contributed by atoms with E-state index in [1.165, 1.54) is 12.7 Å². The number of benzene rings is 1. The van der Waals surface area contributed by atoms with Crippen molar-refractivity contribution in [1.29, 1.82) is 0 Å². The van der Waals surface area contributed by atoms with Crippen molar-refractivity contribution in [2.45, 2.75) is 6.92 Å². The van der Waals surface area contributed by atoms with E-state index in [-0.39, 0.29) is 12.5 Å². The quantitative estimate of drug-likeness (QED) is 0.656. The van der Waals surface area contributed by atoms with Crippen molar-refractivity contribution < 1.29 is 9.53 Å². The zero-order chi connectivity index (χ0) is 19.3. The van der Waals surface area contributed by atoms with E-state index in [9.17, 15) is 4.79 Å². The minimum Gasteiger partial charge on any atom is -0.484 e. The molecule has 3 heterocycles. The Bertz CT molecular complexity index is 937.